The number of methoxy groups -OCH3 is 1. The van der Waals surface area contributed by atoms with Crippen LogP contribution in [0.2, 0.25) is 0 Å². The average Bonchev–Trinajstić information content (AvgIpc) is 3.20. The van der Waals surface area contributed by atoms with E-state index in [4.69, 9.17) is 4.74 Å². The van der Waals surface area contributed by atoms with E-state index in [0.717, 1.165) is 24.5 Å². The minimum Gasteiger partial charge on any atom is -0.383 e. The normalized spacial score (nSPS) is 13.8. The summed E-state index contributed by atoms with van der Waals surface area (Å²) >= 11 is 0. The Morgan fingerprint density at radius 2 is 2.08 bits per heavy atom. The molecular weight excluding hydrogens is 334 g/mol. The molecule has 138 valence electrons. The van der Waals surface area contributed by atoms with Crippen LogP contribution in [-0.4, -0.2) is 47.5 Å². The lowest BCUT2D eigenvalue weighted by atomic mass is 10.2. The fourth-order valence-corrected chi connectivity index (χ4v) is 2.87. The summed E-state index contributed by atoms with van der Waals surface area (Å²) in [7, 11) is 1.55. The Morgan fingerprint density at radius 3 is 2.85 bits per heavy atom. The van der Waals surface area contributed by atoms with Gasteiger partial charge in [-0.15, -0.1) is 0 Å². The van der Waals surface area contributed by atoms with Crippen LogP contribution in [0.1, 0.15) is 28.9 Å². The largest absolute Gasteiger partial charge is 0.383 e. The first-order chi connectivity index (χ1) is 12.7. The highest BCUT2D eigenvalue weighted by Gasteiger charge is 2.14. The smallest absolute Gasteiger partial charge is 0.271 e. The molecule has 2 aromatic rings. The van der Waals surface area contributed by atoms with Crippen molar-refractivity contribution in [2.24, 2.45) is 0 Å². The van der Waals surface area contributed by atoms with E-state index in [1.54, 1.807) is 13.3 Å². The molecule has 1 aliphatic heterocycles. The first-order valence-electron chi connectivity index (χ1n) is 8.72. The van der Waals surface area contributed by atoms with E-state index in [-0.39, 0.29) is 17.2 Å². The molecule has 1 aliphatic rings. The fourth-order valence-electron chi connectivity index (χ4n) is 2.87. The van der Waals surface area contributed by atoms with E-state index in [0.29, 0.717) is 19.7 Å². The molecule has 0 spiro atoms. The summed E-state index contributed by atoms with van der Waals surface area (Å²) in [6.07, 6.45) is 4.14. The van der Waals surface area contributed by atoms with Crippen molar-refractivity contribution in [3.05, 3.63) is 52.1 Å². The van der Waals surface area contributed by atoms with Crippen LogP contribution in [0.3, 0.4) is 0 Å². The molecule has 0 atom stereocenters. The number of hydrogen-bond donors (Lipinski definition) is 1. The average molecular weight is 357 g/mol. The molecule has 3 heterocycles. The number of aromatic nitrogens is 3. The lowest BCUT2D eigenvalue weighted by molar-refractivity contribution is 0.0942. The number of ether oxygens (including phenoxy) is 1. The van der Waals surface area contributed by atoms with Crippen molar-refractivity contribution >= 4 is 11.7 Å². The molecule has 1 fully saturated rings. The van der Waals surface area contributed by atoms with Gasteiger partial charge in [-0.3, -0.25) is 9.59 Å². The van der Waals surface area contributed by atoms with E-state index >= 15 is 0 Å². The Morgan fingerprint density at radius 1 is 1.27 bits per heavy atom. The van der Waals surface area contributed by atoms with Crippen molar-refractivity contribution in [3.63, 3.8) is 0 Å². The summed E-state index contributed by atoms with van der Waals surface area (Å²) in [5, 5.41) is 6.94. The second-order valence-electron chi connectivity index (χ2n) is 6.17. The highest BCUT2D eigenvalue weighted by atomic mass is 16.5. The van der Waals surface area contributed by atoms with Gasteiger partial charge in [-0.05, 0) is 36.6 Å². The third kappa shape index (κ3) is 4.45. The van der Waals surface area contributed by atoms with Gasteiger partial charge in [0.15, 0.2) is 0 Å². The van der Waals surface area contributed by atoms with Gasteiger partial charge < -0.3 is 15.0 Å². The van der Waals surface area contributed by atoms with Crippen LogP contribution in [0.4, 0.5) is 5.82 Å². The second-order valence-corrected chi connectivity index (χ2v) is 6.17. The summed E-state index contributed by atoms with van der Waals surface area (Å²) < 4.78 is 6.18. The summed E-state index contributed by atoms with van der Waals surface area (Å²) in [6, 6.07) is 6.66. The van der Waals surface area contributed by atoms with Crippen LogP contribution in [0.5, 0.6) is 0 Å². The van der Waals surface area contributed by atoms with Crippen molar-refractivity contribution in [1.29, 1.82) is 0 Å². The Hall–Kier alpha value is -2.74. The number of pyridine rings is 1. The Balaban J connectivity index is 1.63. The van der Waals surface area contributed by atoms with Gasteiger partial charge in [-0.2, -0.15) is 5.10 Å². The lowest BCUT2D eigenvalue weighted by Crippen LogP contribution is -2.30. The number of hydrogen-bond acceptors (Lipinski definition) is 6. The first-order valence-corrected chi connectivity index (χ1v) is 8.72. The summed E-state index contributed by atoms with van der Waals surface area (Å²) in [4.78, 5) is 30.8. The molecule has 1 saturated heterocycles. The van der Waals surface area contributed by atoms with Crippen molar-refractivity contribution in [2.75, 3.05) is 31.7 Å². The molecule has 8 heteroatoms. The van der Waals surface area contributed by atoms with Crippen molar-refractivity contribution < 1.29 is 9.53 Å². The second kappa shape index (κ2) is 8.57. The third-order valence-corrected chi connectivity index (χ3v) is 4.30. The molecule has 0 saturated carbocycles. The number of carbonyl (C=O) groups is 1. The number of nitrogens with zero attached hydrogens (tertiary/aromatic N) is 4. The van der Waals surface area contributed by atoms with E-state index in [1.807, 2.05) is 12.1 Å². The van der Waals surface area contributed by atoms with Gasteiger partial charge in [0.05, 0.1) is 13.2 Å². The zero-order chi connectivity index (χ0) is 18.4. The first kappa shape index (κ1) is 18.1. The molecule has 3 rings (SSSR count). The quantitative estimate of drug-likeness (QED) is 0.789. The zero-order valence-electron chi connectivity index (χ0n) is 14.9. The number of rotatable bonds is 7. The molecular formula is C18H23N5O3. The molecule has 8 nitrogen and oxygen atoms in total. The minimum atomic E-state index is -0.323. The maximum absolute atomic E-state index is 12.4. The van der Waals surface area contributed by atoms with Gasteiger partial charge in [0.1, 0.15) is 11.5 Å². The Labute approximate surface area is 151 Å². The highest BCUT2D eigenvalue weighted by Crippen LogP contribution is 2.18. The van der Waals surface area contributed by atoms with Gasteiger partial charge >= 0.3 is 0 Å². The van der Waals surface area contributed by atoms with Gasteiger partial charge in [0.2, 0.25) is 0 Å². The Bertz CT molecular complexity index is 814. The number of anilines is 1. The van der Waals surface area contributed by atoms with Gasteiger partial charge in [-0.25, -0.2) is 9.67 Å². The molecule has 0 radical (unpaired) electrons. The van der Waals surface area contributed by atoms with Crippen molar-refractivity contribution in [1.82, 2.24) is 20.1 Å². The standard InChI is InChI=1S/C18H23N5O3/c1-26-11-10-23-17(24)5-4-15(21-23)18(25)20-13-14-6-7-19-16(12-14)22-8-2-3-9-22/h4-7,12H,2-3,8-11,13H2,1H3,(H,20,25). The molecule has 2 aromatic heterocycles. The topological polar surface area (TPSA) is 89.3 Å². The van der Waals surface area contributed by atoms with Crippen molar-refractivity contribution in [2.45, 2.75) is 25.9 Å². The Kier molecular flexibility index (Phi) is 5.96. The van der Waals surface area contributed by atoms with E-state index in [9.17, 15) is 9.59 Å². The minimum absolute atomic E-state index is 0.203. The van der Waals surface area contributed by atoms with Crippen molar-refractivity contribution in [3.8, 4) is 0 Å². The van der Waals surface area contributed by atoms with Gasteiger partial charge in [0, 0.05) is 39.0 Å². The van der Waals surface area contributed by atoms with Crippen LogP contribution in [0.25, 0.3) is 0 Å². The van der Waals surface area contributed by atoms with Crippen LogP contribution in [0, 0.1) is 0 Å². The monoisotopic (exact) mass is 357 g/mol. The van der Waals surface area contributed by atoms with E-state index in [1.165, 1.54) is 29.7 Å². The molecule has 1 N–H and O–H groups in total. The zero-order valence-corrected chi connectivity index (χ0v) is 14.9. The third-order valence-electron chi connectivity index (χ3n) is 4.30. The van der Waals surface area contributed by atoms with Crippen LogP contribution < -0.4 is 15.8 Å². The van der Waals surface area contributed by atoms with E-state index < -0.39 is 0 Å². The maximum Gasteiger partial charge on any atom is 0.271 e. The van der Waals surface area contributed by atoms with Crippen LogP contribution >= 0.6 is 0 Å². The van der Waals surface area contributed by atoms with Crippen LogP contribution in [0.15, 0.2) is 35.3 Å². The summed E-state index contributed by atoms with van der Waals surface area (Å²) in [5.74, 6) is 0.621. The predicted molar refractivity (Wildman–Crippen MR) is 97.2 cm³/mol. The number of amides is 1. The molecule has 26 heavy (non-hydrogen) atoms. The summed E-state index contributed by atoms with van der Waals surface area (Å²) in [6.45, 7) is 3.08. The molecule has 0 bridgehead atoms. The maximum atomic E-state index is 12.4. The predicted octanol–water partition coefficient (Wildman–Crippen LogP) is 0.815. The lowest BCUT2D eigenvalue weighted by Gasteiger charge is -2.17. The number of carbonyl (C=O) groups excluding carboxylic acids is 1. The highest BCUT2D eigenvalue weighted by molar-refractivity contribution is 5.91. The molecule has 0 unspecified atom stereocenters. The van der Waals surface area contributed by atoms with Crippen LogP contribution in [-0.2, 0) is 17.8 Å². The summed E-state index contributed by atoms with van der Waals surface area (Å²) in [5.41, 5.74) is 0.917. The SMILES string of the molecule is COCCn1nc(C(=O)NCc2ccnc(N3CCCC3)c2)ccc1=O. The van der Waals surface area contributed by atoms with Gasteiger partial charge in [-0.1, -0.05) is 0 Å². The fraction of sp³-hybridized carbons (Fsp3) is 0.444. The van der Waals surface area contributed by atoms with E-state index in [2.05, 4.69) is 20.3 Å². The number of nitrogens with one attached hydrogen (secondary N) is 1. The molecule has 1 amide bonds. The van der Waals surface area contributed by atoms with Gasteiger partial charge in [0.25, 0.3) is 11.5 Å². The molecule has 0 aliphatic carbocycles. The molecule has 0 aromatic carbocycles.